The van der Waals surface area contributed by atoms with Crippen molar-refractivity contribution < 1.29 is 0 Å². The van der Waals surface area contributed by atoms with Crippen LogP contribution in [0.15, 0.2) is 42.5 Å². The van der Waals surface area contributed by atoms with E-state index in [1.54, 1.807) is 11.3 Å². The first-order valence-corrected chi connectivity index (χ1v) is 8.35. The molecule has 108 valence electrons. The zero-order valence-electron chi connectivity index (χ0n) is 11.8. The van der Waals surface area contributed by atoms with Gasteiger partial charge in [-0.25, -0.2) is 0 Å². The summed E-state index contributed by atoms with van der Waals surface area (Å²) >= 11 is 7.58. The molecule has 2 heterocycles. The lowest BCUT2D eigenvalue weighted by Crippen LogP contribution is -2.41. The molecule has 1 fully saturated rings. The van der Waals surface area contributed by atoms with E-state index in [0.29, 0.717) is 0 Å². The minimum absolute atomic E-state index is 0.342. The molecule has 21 heavy (non-hydrogen) atoms. The van der Waals surface area contributed by atoms with E-state index >= 15 is 0 Å². The van der Waals surface area contributed by atoms with Gasteiger partial charge in [0.1, 0.15) is 0 Å². The van der Waals surface area contributed by atoms with Crippen LogP contribution in [-0.2, 0) is 12.0 Å². The van der Waals surface area contributed by atoms with Crippen molar-refractivity contribution in [3.8, 4) is 6.07 Å². The maximum Gasteiger partial charge on any atom is 0.0939 e. The Hall–Kier alpha value is -1.34. The summed E-state index contributed by atoms with van der Waals surface area (Å²) in [7, 11) is 0. The predicted molar refractivity (Wildman–Crippen MR) is 87.6 cm³/mol. The van der Waals surface area contributed by atoms with Crippen molar-refractivity contribution in [3.05, 3.63) is 57.2 Å². The second-order valence-electron chi connectivity index (χ2n) is 5.56. The minimum atomic E-state index is -0.342. The summed E-state index contributed by atoms with van der Waals surface area (Å²) in [5.74, 6) is 0. The lowest BCUT2D eigenvalue weighted by Gasteiger charge is -2.36. The Balaban J connectivity index is 1.68. The number of piperidine rings is 1. The summed E-state index contributed by atoms with van der Waals surface area (Å²) in [6, 6.07) is 17.0. The number of rotatable bonds is 3. The summed E-state index contributed by atoms with van der Waals surface area (Å²) in [4.78, 5) is 3.55. The highest BCUT2D eigenvalue weighted by Crippen LogP contribution is 2.40. The van der Waals surface area contributed by atoms with Gasteiger partial charge >= 0.3 is 0 Å². The molecule has 1 aliphatic heterocycles. The summed E-state index contributed by atoms with van der Waals surface area (Å²) in [6.45, 7) is 2.88. The van der Waals surface area contributed by atoms with E-state index in [-0.39, 0.29) is 5.41 Å². The molecule has 4 heteroatoms. The molecule has 1 aromatic heterocycles. The number of nitrogens with zero attached hydrogens (tertiary/aromatic N) is 2. The quantitative estimate of drug-likeness (QED) is 0.836. The molecule has 0 radical (unpaired) electrons. The lowest BCUT2D eigenvalue weighted by atomic mass is 9.78. The fourth-order valence-corrected chi connectivity index (χ4v) is 4.16. The molecule has 3 rings (SSSR count). The second kappa shape index (κ2) is 6.19. The molecule has 0 aliphatic carbocycles. The number of nitriles is 1. The average Bonchev–Trinajstić information content (AvgIpc) is 2.96. The van der Waals surface area contributed by atoms with Gasteiger partial charge in [-0.3, -0.25) is 4.90 Å². The number of hydrogen-bond donors (Lipinski definition) is 0. The molecule has 0 spiro atoms. The summed E-state index contributed by atoms with van der Waals surface area (Å²) in [5.41, 5.74) is 0.992. The highest BCUT2D eigenvalue weighted by molar-refractivity contribution is 7.16. The molecule has 1 aromatic carbocycles. The number of likely N-dealkylation sites (tertiary alicyclic amines) is 1. The van der Waals surface area contributed by atoms with Gasteiger partial charge < -0.3 is 0 Å². The molecule has 0 N–H and O–H groups in total. The van der Waals surface area contributed by atoms with Crippen LogP contribution >= 0.6 is 22.9 Å². The third-order valence-corrected chi connectivity index (χ3v) is 5.65. The molecular formula is C17H17ClN2S. The van der Waals surface area contributed by atoms with E-state index in [1.807, 2.05) is 18.2 Å². The highest BCUT2D eigenvalue weighted by Gasteiger charge is 2.37. The van der Waals surface area contributed by atoms with Crippen molar-refractivity contribution in [1.29, 1.82) is 5.26 Å². The van der Waals surface area contributed by atoms with Crippen LogP contribution in [0.25, 0.3) is 0 Å². The first-order chi connectivity index (χ1) is 10.2. The summed E-state index contributed by atoms with van der Waals surface area (Å²) in [5, 5.41) is 9.68. The zero-order chi connectivity index (χ0) is 14.7. The van der Waals surface area contributed by atoms with Gasteiger partial charge in [-0.1, -0.05) is 41.9 Å². The lowest BCUT2D eigenvalue weighted by molar-refractivity contribution is 0.180. The second-order valence-corrected chi connectivity index (χ2v) is 7.27. The van der Waals surface area contributed by atoms with Gasteiger partial charge in [-0.05, 0) is 30.5 Å². The van der Waals surface area contributed by atoms with Gasteiger partial charge in [0.15, 0.2) is 0 Å². The molecule has 2 aromatic rings. The highest BCUT2D eigenvalue weighted by atomic mass is 35.5. The maximum atomic E-state index is 9.68. The standard InChI is InChI=1S/C17H17ClN2S/c18-16-7-6-15(21-16)17(13-19)8-10-20(11-9-17)12-14-4-2-1-3-5-14/h1-7H,8-12H2. The van der Waals surface area contributed by atoms with E-state index in [9.17, 15) is 5.26 Å². The van der Waals surface area contributed by atoms with Crippen LogP contribution in [0.5, 0.6) is 0 Å². The molecule has 0 unspecified atom stereocenters. The monoisotopic (exact) mass is 316 g/mol. The third-order valence-electron chi connectivity index (χ3n) is 4.22. The summed E-state index contributed by atoms with van der Waals surface area (Å²) in [6.07, 6.45) is 1.76. The molecule has 0 amide bonds. The number of thiophene rings is 1. The molecule has 0 saturated carbocycles. The van der Waals surface area contributed by atoms with Crippen LogP contribution < -0.4 is 0 Å². The largest absolute Gasteiger partial charge is 0.299 e. The fraction of sp³-hybridized carbons (Fsp3) is 0.353. The van der Waals surface area contributed by atoms with E-state index in [0.717, 1.165) is 41.7 Å². The Labute approximate surface area is 134 Å². The number of benzene rings is 1. The van der Waals surface area contributed by atoms with Crippen molar-refractivity contribution in [2.75, 3.05) is 13.1 Å². The SMILES string of the molecule is N#CC1(c2ccc(Cl)s2)CCN(Cc2ccccc2)CC1. The topological polar surface area (TPSA) is 27.0 Å². The Kier molecular flexibility index (Phi) is 4.30. The van der Waals surface area contributed by atoms with Crippen molar-refractivity contribution >= 4 is 22.9 Å². The van der Waals surface area contributed by atoms with Crippen LogP contribution in [0.4, 0.5) is 0 Å². The van der Waals surface area contributed by atoms with Gasteiger partial charge in [-0.2, -0.15) is 5.26 Å². The molecule has 1 aliphatic rings. The molecule has 1 saturated heterocycles. The third kappa shape index (κ3) is 3.13. The van der Waals surface area contributed by atoms with Crippen LogP contribution in [0.2, 0.25) is 4.34 Å². The van der Waals surface area contributed by atoms with Crippen molar-refractivity contribution in [3.63, 3.8) is 0 Å². The Bertz CT molecular complexity index is 636. The number of hydrogen-bond acceptors (Lipinski definition) is 3. The van der Waals surface area contributed by atoms with E-state index in [4.69, 9.17) is 11.6 Å². The Morgan fingerprint density at radius 2 is 1.86 bits per heavy atom. The van der Waals surface area contributed by atoms with Crippen LogP contribution in [-0.4, -0.2) is 18.0 Å². The number of halogens is 1. The smallest absolute Gasteiger partial charge is 0.0939 e. The molecule has 0 bridgehead atoms. The fourth-order valence-electron chi connectivity index (χ4n) is 2.92. The first kappa shape index (κ1) is 14.6. The molecule has 0 atom stereocenters. The van der Waals surface area contributed by atoms with E-state index < -0.39 is 0 Å². The average molecular weight is 317 g/mol. The molecular weight excluding hydrogens is 300 g/mol. The van der Waals surface area contributed by atoms with Gasteiger partial charge in [0.25, 0.3) is 0 Å². The van der Waals surface area contributed by atoms with Crippen LogP contribution in [0.1, 0.15) is 23.3 Å². The Morgan fingerprint density at radius 3 is 2.43 bits per heavy atom. The van der Waals surface area contributed by atoms with Crippen LogP contribution in [0.3, 0.4) is 0 Å². The zero-order valence-corrected chi connectivity index (χ0v) is 13.3. The van der Waals surface area contributed by atoms with E-state index in [1.165, 1.54) is 5.56 Å². The maximum absolute atomic E-state index is 9.68. The minimum Gasteiger partial charge on any atom is -0.299 e. The van der Waals surface area contributed by atoms with Crippen molar-refractivity contribution in [1.82, 2.24) is 4.90 Å². The van der Waals surface area contributed by atoms with Crippen LogP contribution in [0, 0.1) is 11.3 Å². The van der Waals surface area contributed by atoms with Crippen molar-refractivity contribution in [2.24, 2.45) is 0 Å². The first-order valence-electron chi connectivity index (χ1n) is 7.15. The normalized spacial score (nSPS) is 18.3. The molecule has 2 nitrogen and oxygen atoms in total. The van der Waals surface area contributed by atoms with Gasteiger partial charge in [0.2, 0.25) is 0 Å². The van der Waals surface area contributed by atoms with Gasteiger partial charge in [0.05, 0.1) is 15.8 Å². The van der Waals surface area contributed by atoms with Gasteiger partial charge in [0, 0.05) is 24.5 Å². The van der Waals surface area contributed by atoms with Crippen molar-refractivity contribution in [2.45, 2.75) is 24.8 Å². The van der Waals surface area contributed by atoms with E-state index in [2.05, 4.69) is 35.2 Å². The summed E-state index contributed by atoms with van der Waals surface area (Å²) < 4.78 is 0.770. The van der Waals surface area contributed by atoms with Gasteiger partial charge in [-0.15, -0.1) is 11.3 Å². The predicted octanol–water partition coefficient (Wildman–Crippen LogP) is 4.46. The Morgan fingerprint density at radius 1 is 1.14 bits per heavy atom.